The summed E-state index contributed by atoms with van der Waals surface area (Å²) >= 11 is 0. The Bertz CT molecular complexity index is 1060. The number of likely N-dealkylation sites (tertiary alicyclic amines) is 1. The van der Waals surface area contributed by atoms with Crippen LogP contribution >= 0.6 is 0 Å². The number of nitrogens with zero attached hydrogens (tertiary/aromatic N) is 2. The topological polar surface area (TPSA) is 90.0 Å². The molecule has 0 bridgehead atoms. The summed E-state index contributed by atoms with van der Waals surface area (Å²) in [6.45, 7) is 5.38. The van der Waals surface area contributed by atoms with Gasteiger partial charge < -0.3 is 10.0 Å². The molecule has 7 nitrogen and oxygen atoms in total. The van der Waals surface area contributed by atoms with E-state index in [2.05, 4.69) is 5.32 Å². The molecule has 2 heterocycles. The summed E-state index contributed by atoms with van der Waals surface area (Å²) in [4.78, 5) is 43.3. The van der Waals surface area contributed by atoms with E-state index in [-0.39, 0.29) is 5.91 Å². The van der Waals surface area contributed by atoms with E-state index in [1.165, 1.54) is 4.90 Å². The fraction of sp³-hybridized carbons (Fsp3) is 0.400. The van der Waals surface area contributed by atoms with Gasteiger partial charge in [0.1, 0.15) is 0 Å². The van der Waals surface area contributed by atoms with Crippen LogP contribution in [0.4, 0.5) is 5.69 Å². The summed E-state index contributed by atoms with van der Waals surface area (Å²) in [5.41, 5.74) is -0.225. The molecular formula is C25H29N3O4. The molecule has 4 atom stereocenters. The van der Waals surface area contributed by atoms with E-state index >= 15 is 0 Å². The molecule has 2 saturated heterocycles. The number of imide groups is 1. The van der Waals surface area contributed by atoms with Gasteiger partial charge in [0.2, 0.25) is 11.8 Å². The normalized spacial score (nSPS) is 27.5. The van der Waals surface area contributed by atoms with Crippen LogP contribution in [0.15, 0.2) is 54.6 Å². The molecule has 2 aliphatic heterocycles. The number of amides is 2. The Kier molecular flexibility index (Phi) is 5.12. The first-order valence-corrected chi connectivity index (χ1v) is 10.7. The molecule has 2 aromatic rings. The molecule has 0 aliphatic carbocycles. The number of benzene rings is 2. The molecule has 0 spiro atoms. The summed E-state index contributed by atoms with van der Waals surface area (Å²) in [5, 5.41) is 13.7. The smallest absolute Gasteiger partial charge is 0.329 e. The highest BCUT2D eigenvalue weighted by Gasteiger charge is 2.70. The average molecular weight is 436 g/mol. The number of carbonyl (C=O) groups is 3. The molecule has 0 radical (unpaired) electrons. The third-order valence-corrected chi connectivity index (χ3v) is 6.57. The Morgan fingerprint density at radius 3 is 2.09 bits per heavy atom. The number of hydrogen-bond acceptors (Lipinski definition) is 5. The van der Waals surface area contributed by atoms with Crippen LogP contribution in [0.3, 0.4) is 0 Å². The number of nitrogens with one attached hydrogen (secondary N) is 1. The van der Waals surface area contributed by atoms with Crippen molar-refractivity contribution in [2.24, 2.45) is 11.8 Å². The lowest BCUT2D eigenvalue weighted by atomic mass is 9.75. The minimum atomic E-state index is -1.70. The molecule has 2 N–H and O–H groups in total. The number of carbonyl (C=O) groups excluding carboxylic acids is 2. The zero-order chi connectivity index (χ0) is 23.4. The number of carboxylic acid groups (broad SMARTS) is 1. The average Bonchev–Trinajstić information content (AvgIpc) is 3.23. The van der Waals surface area contributed by atoms with Gasteiger partial charge in [0, 0.05) is 31.4 Å². The minimum Gasteiger partial charge on any atom is -0.480 e. The van der Waals surface area contributed by atoms with Crippen molar-refractivity contribution in [2.45, 2.75) is 37.9 Å². The number of rotatable bonds is 4. The maximum Gasteiger partial charge on any atom is 0.329 e. The molecule has 0 saturated carbocycles. The van der Waals surface area contributed by atoms with Crippen LogP contribution < -0.4 is 10.2 Å². The molecule has 4 rings (SSSR count). The van der Waals surface area contributed by atoms with E-state index in [1.807, 2.05) is 43.3 Å². The summed E-state index contributed by atoms with van der Waals surface area (Å²) in [6.07, 6.45) is 0. The van der Waals surface area contributed by atoms with Gasteiger partial charge in [-0.3, -0.25) is 19.8 Å². The number of anilines is 1. The van der Waals surface area contributed by atoms with E-state index in [9.17, 15) is 19.5 Å². The Balaban J connectivity index is 1.91. The third-order valence-electron chi connectivity index (χ3n) is 6.57. The third kappa shape index (κ3) is 3.11. The molecule has 2 aromatic carbocycles. The van der Waals surface area contributed by atoms with Crippen molar-refractivity contribution in [3.05, 3.63) is 65.7 Å². The van der Waals surface area contributed by atoms with Gasteiger partial charge in [-0.25, -0.2) is 4.79 Å². The molecule has 2 fully saturated rings. The molecule has 0 aromatic heterocycles. The second kappa shape index (κ2) is 7.45. The number of aliphatic carboxylic acids is 1. The van der Waals surface area contributed by atoms with Crippen LogP contribution in [0.2, 0.25) is 0 Å². The zero-order valence-electron chi connectivity index (χ0n) is 19.0. The van der Waals surface area contributed by atoms with Crippen molar-refractivity contribution in [1.82, 2.24) is 10.2 Å². The number of fused-ring (bicyclic) bond motifs is 1. The van der Waals surface area contributed by atoms with E-state index in [1.54, 1.807) is 51.1 Å². The second-order valence-electron chi connectivity index (χ2n) is 9.77. The van der Waals surface area contributed by atoms with Gasteiger partial charge in [-0.1, -0.05) is 42.5 Å². The zero-order valence-corrected chi connectivity index (χ0v) is 19.0. The lowest BCUT2D eigenvalue weighted by molar-refractivity contribution is -0.154. The van der Waals surface area contributed by atoms with Crippen molar-refractivity contribution in [2.75, 3.05) is 19.0 Å². The van der Waals surface area contributed by atoms with E-state index in [0.717, 1.165) is 11.3 Å². The van der Waals surface area contributed by atoms with Crippen molar-refractivity contribution in [1.29, 1.82) is 0 Å². The fourth-order valence-corrected chi connectivity index (χ4v) is 5.12. The van der Waals surface area contributed by atoms with E-state index in [0.29, 0.717) is 5.56 Å². The highest BCUT2D eigenvalue weighted by Crippen LogP contribution is 2.54. The molecule has 168 valence electrons. The van der Waals surface area contributed by atoms with Crippen molar-refractivity contribution in [3.63, 3.8) is 0 Å². The van der Waals surface area contributed by atoms with Crippen LogP contribution in [0.5, 0.6) is 0 Å². The van der Waals surface area contributed by atoms with Crippen LogP contribution in [0.25, 0.3) is 0 Å². The molecular weight excluding hydrogens is 406 g/mol. The van der Waals surface area contributed by atoms with Crippen molar-refractivity contribution < 1.29 is 19.5 Å². The van der Waals surface area contributed by atoms with Crippen molar-refractivity contribution >= 4 is 23.5 Å². The maximum absolute atomic E-state index is 13.7. The summed E-state index contributed by atoms with van der Waals surface area (Å²) in [5.74, 6) is -3.81. The standard InChI is InChI=1S/C25H29N3O4/c1-24(2,3)28-21(29)18-19(22(28)30)25(23(31)32,16-9-7-6-8-10-16)26-20(18)15-11-13-17(14-12-15)27(4)5/h6-14,18-20,26H,1-5H3,(H,31,32). The summed E-state index contributed by atoms with van der Waals surface area (Å²) in [6, 6.07) is 15.7. The number of carboxylic acids is 1. The van der Waals surface area contributed by atoms with Gasteiger partial charge in [-0.05, 0) is 44.0 Å². The Hall–Kier alpha value is -3.19. The number of hydrogen-bond donors (Lipinski definition) is 2. The van der Waals surface area contributed by atoms with E-state index < -0.39 is 40.8 Å². The van der Waals surface area contributed by atoms with Crippen molar-refractivity contribution in [3.8, 4) is 0 Å². The first-order valence-electron chi connectivity index (χ1n) is 10.7. The molecule has 2 aliphatic rings. The quantitative estimate of drug-likeness (QED) is 0.718. The summed E-state index contributed by atoms with van der Waals surface area (Å²) < 4.78 is 0. The highest BCUT2D eigenvalue weighted by molar-refractivity contribution is 6.10. The van der Waals surface area contributed by atoms with Crippen LogP contribution in [-0.2, 0) is 19.9 Å². The van der Waals surface area contributed by atoms with Gasteiger partial charge in [-0.15, -0.1) is 0 Å². The van der Waals surface area contributed by atoms with Crippen LogP contribution in [-0.4, -0.2) is 47.4 Å². The van der Waals surface area contributed by atoms with Gasteiger partial charge >= 0.3 is 5.97 Å². The molecule has 4 unspecified atom stereocenters. The minimum absolute atomic E-state index is 0.333. The Morgan fingerprint density at radius 2 is 1.59 bits per heavy atom. The van der Waals surface area contributed by atoms with Crippen LogP contribution in [0, 0.1) is 11.8 Å². The van der Waals surface area contributed by atoms with Gasteiger partial charge in [-0.2, -0.15) is 0 Å². The first kappa shape index (κ1) is 22.0. The van der Waals surface area contributed by atoms with Crippen LogP contribution in [0.1, 0.15) is 37.9 Å². The second-order valence-corrected chi connectivity index (χ2v) is 9.77. The van der Waals surface area contributed by atoms with Gasteiger partial charge in [0.05, 0.1) is 11.8 Å². The summed E-state index contributed by atoms with van der Waals surface area (Å²) in [7, 11) is 3.87. The SMILES string of the molecule is CN(C)c1ccc(C2NC(C(=O)O)(c3ccccc3)C3C(=O)N(C(C)(C)C)C(=O)C23)cc1. The maximum atomic E-state index is 13.7. The Labute approximate surface area is 188 Å². The highest BCUT2D eigenvalue weighted by atomic mass is 16.4. The molecule has 7 heteroatoms. The lowest BCUT2D eigenvalue weighted by Gasteiger charge is -2.35. The predicted octanol–water partition coefficient (Wildman–Crippen LogP) is 2.78. The Morgan fingerprint density at radius 1 is 1.00 bits per heavy atom. The molecule has 2 amide bonds. The predicted molar refractivity (Wildman–Crippen MR) is 121 cm³/mol. The molecule has 32 heavy (non-hydrogen) atoms. The van der Waals surface area contributed by atoms with Gasteiger partial charge in [0.15, 0.2) is 5.54 Å². The first-order chi connectivity index (χ1) is 15.0. The van der Waals surface area contributed by atoms with Gasteiger partial charge in [0.25, 0.3) is 0 Å². The largest absolute Gasteiger partial charge is 0.480 e. The van der Waals surface area contributed by atoms with E-state index in [4.69, 9.17) is 0 Å². The fourth-order valence-electron chi connectivity index (χ4n) is 5.12. The monoisotopic (exact) mass is 435 g/mol. The lowest BCUT2D eigenvalue weighted by Crippen LogP contribution is -2.55.